The largest absolute Gasteiger partial charge is 0.445 e. The van der Waals surface area contributed by atoms with Gasteiger partial charge in [-0.2, -0.15) is 0 Å². The van der Waals surface area contributed by atoms with Crippen molar-refractivity contribution in [1.82, 2.24) is 9.88 Å². The first-order valence-electron chi connectivity index (χ1n) is 7.75. The Bertz CT molecular complexity index is 720. The van der Waals surface area contributed by atoms with Gasteiger partial charge in [-0.15, -0.1) is 0 Å². The molecular formula is C18H17BrN2O2. The SMILES string of the molecule is O=C(OCc1ccccc1)N1C[C@@H]2C[C@]2(c2ccc(Br)cn2)C1. The Morgan fingerprint density at radius 3 is 2.87 bits per heavy atom. The molecule has 1 saturated carbocycles. The Morgan fingerprint density at radius 1 is 1.30 bits per heavy atom. The van der Waals surface area contributed by atoms with E-state index >= 15 is 0 Å². The van der Waals surface area contributed by atoms with E-state index in [1.807, 2.05) is 47.5 Å². The monoisotopic (exact) mass is 372 g/mol. The van der Waals surface area contributed by atoms with E-state index in [2.05, 4.69) is 27.0 Å². The third-order valence-corrected chi connectivity index (χ3v) is 5.32. The number of nitrogens with zero attached hydrogens (tertiary/aromatic N) is 2. The van der Waals surface area contributed by atoms with Crippen LogP contribution in [0.2, 0.25) is 0 Å². The van der Waals surface area contributed by atoms with E-state index in [-0.39, 0.29) is 11.5 Å². The zero-order chi connectivity index (χ0) is 15.9. The predicted molar refractivity (Wildman–Crippen MR) is 89.9 cm³/mol. The van der Waals surface area contributed by atoms with E-state index in [0.717, 1.165) is 28.7 Å². The van der Waals surface area contributed by atoms with Gasteiger partial charge in [0, 0.05) is 34.9 Å². The van der Waals surface area contributed by atoms with Crippen LogP contribution in [0.25, 0.3) is 0 Å². The fourth-order valence-corrected chi connectivity index (χ4v) is 3.73. The zero-order valence-electron chi connectivity index (χ0n) is 12.6. The van der Waals surface area contributed by atoms with Crippen LogP contribution in [-0.4, -0.2) is 29.1 Å². The van der Waals surface area contributed by atoms with Gasteiger partial charge in [0.2, 0.25) is 0 Å². The Labute approximate surface area is 143 Å². The first-order valence-corrected chi connectivity index (χ1v) is 8.54. The maximum absolute atomic E-state index is 12.3. The van der Waals surface area contributed by atoms with Gasteiger partial charge in [-0.1, -0.05) is 30.3 Å². The van der Waals surface area contributed by atoms with Gasteiger partial charge < -0.3 is 9.64 Å². The molecule has 5 heteroatoms. The van der Waals surface area contributed by atoms with E-state index < -0.39 is 0 Å². The molecule has 1 aliphatic heterocycles. The smallest absolute Gasteiger partial charge is 0.410 e. The van der Waals surface area contributed by atoms with Crippen molar-refractivity contribution in [3.05, 3.63) is 64.4 Å². The highest BCUT2D eigenvalue weighted by Gasteiger charge is 2.62. The summed E-state index contributed by atoms with van der Waals surface area (Å²) in [6.45, 7) is 1.80. The van der Waals surface area contributed by atoms with Crippen LogP contribution in [0.5, 0.6) is 0 Å². The van der Waals surface area contributed by atoms with Crippen LogP contribution in [0.4, 0.5) is 4.79 Å². The van der Waals surface area contributed by atoms with E-state index in [0.29, 0.717) is 19.1 Å². The molecule has 23 heavy (non-hydrogen) atoms. The summed E-state index contributed by atoms with van der Waals surface area (Å²) in [5, 5.41) is 0. The second-order valence-corrected chi connectivity index (χ2v) is 7.26. The highest BCUT2D eigenvalue weighted by atomic mass is 79.9. The molecule has 1 amide bonds. The second kappa shape index (κ2) is 5.64. The number of likely N-dealkylation sites (tertiary alicyclic amines) is 1. The highest BCUT2D eigenvalue weighted by Crippen LogP contribution is 2.58. The summed E-state index contributed by atoms with van der Waals surface area (Å²) in [7, 11) is 0. The number of benzene rings is 1. The van der Waals surface area contributed by atoms with Crippen LogP contribution in [-0.2, 0) is 16.8 Å². The topological polar surface area (TPSA) is 42.4 Å². The lowest BCUT2D eigenvalue weighted by Gasteiger charge is -2.20. The summed E-state index contributed by atoms with van der Waals surface area (Å²) >= 11 is 3.42. The third-order valence-electron chi connectivity index (χ3n) is 4.85. The average Bonchev–Trinajstić information content (AvgIpc) is 3.15. The lowest BCUT2D eigenvalue weighted by atomic mass is 10.0. The number of halogens is 1. The summed E-state index contributed by atoms with van der Waals surface area (Å²) < 4.78 is 6.42. The Balaban J connectivity index is 1.39. The lowest BCUT2D eigenvalue weighted by Crippen LogP contribution is -2.33. The van der Waals surface area contributed by atoms with Gasteiger partial charge in [-0.05, 0) is 46.0 Å². The number of piperidine rings is 1. The number of amides is 1. The molecule has 2 atom stereocenters. The summed E-state index contributed by atoms with van der Waals surface area (Å²) in [4.78, 5) is 18.6. The van der Waals surface area contributed by atoms with Gasteiger partial charge in [0.15, 0.2) is 0 Å². The molecule has 0 bridgehead atoms. The Morgan fingerprint density at radius 2 is 2.13 bits per heavy atom. The molecule has 0 radical (unpaired) electrons. The number of ether oxygens (including phenoxy) is 1. The first-order chi connectivity index (χ1) is 11.2. The molecule has 1 saturated heterocycles. The molecule has 2 aromatic rings. The zero-order valence-corrected chi connectivity index (χ0v) is 14.2. The van der Waals surface area contributed by atoms with Crippen molar-refractivity contribution in [2.45, 2.75) is 18.4 Å². The summed E-state index contributed by atoms with van der Waals surface area (Å²) in [6.07, 6.45) is 2.72. The third kappa shape index (κ3) is 2.74. The van der Waals surface area contributed by atoms with Gasteiger partial charge in [0.05, 0.1) is 0 Å². The molecule has 1 aromatic carbocycles. The van der Waals surface area contributed by atoms with Crippen LogP contribution in [0.15, 0.2) is 53.1 Å². The number of aromatic nitrogens is 1. The molecule has 1 aliphatic carbocycles. The molecule has 0 unspecified atom stereocenters. The minimum atomic E-state index is -0.225. The van der Waals surface area contributed by atoms with Gasteiger partial charge in [-0.25, -0.2) is 4.79 Å². The van der Waals surface area contributed by atoms with Gasteiger partial charge in [-0.3, -0.25) is 4.98 Å². The molecule has 0 N–H and O–H groups in total. The van der Waals surface area contributed by atoms with E-state index in [9.17, 15) is 4.79 Å². The molecule has 0 spiro atoms. The summed E-state index contributed by atoms with van der Waals surface area (Å²) in [5.41, 5.74) is 2.14. The van der Waals surface area contributed by atoms with Crippen molar-refractivity contribution in [3.8, 4) is 0 Å². The highest BCUT2D eigenvalue weighted by molar-refractivity contribution is 9.10. The normalized spacial score (nSPS) is 25.1. The fraction of sp³-hybridized carbons (Fsp3) is 0.333. The van der Waals surface area contributed by atoms with Crippen LogP contribution >= 0.6 is 15.9 Å². The molecule has 4 nitrogen and oxygen atoms in total. The molecule has 2 heterocycles. The molecule has 118 valence electrons. The quantitative estimate of drug-likeness (QED) is 0.823. The van der Waals surface area contributed by atoms with Crippen molar-refractivity contribution < 1.29 is 9.53 Å². The number of hydrogen-bond acceptors (Lipinski definition) is 3. The maximum atomic E-state index is 12.3. The van der Waals surface area contributed by atoms with Crippen molar-refractivity contribution in [2.24, 2.45) is 5.92 Å². The molecule has 1 aromatic heterocycles. The number of carbonyl (C=O) groups excluding carboxylic acids is 1. The standard InChI is InChI=1S/C18H17BrN2O2/c19-15-6-7-16(20-9-15)18-8-14(18)10-21(12-18)17(22)23-11-13-4-2-1-3-5-13/h1-7,9,14H,8,10-12H2/t14-,18-/m0/s1. The van der Waals surface area contributed by atoms with Crippen molar-refractivity contribution in [2.75, 3.05) is 13.1 Å². The number of pyridine rings is 1. The molecule has 4 rings (SSSR count). The van der Waals surface area contributed by atoms with Gasteiger partial charge in [0.25, 0.3) is 0 Å². The minimum Gasteiger partial charge on any atom is -0.445 e. The lowest BCUT2D eigenvalue weighted by molar-refractivity contribution is 0.0996. The number of fused-ring (bicyclic) bond motifs is 1. The van der Waals surface area contributed by atoms with Crippen molar-refractivity contribution >= 4 is 22.0 Å². The number of carbonyl (C=O) groups is 1. The van der Waals surface area contributed by atoms with Crippen LogP contribution < -0.4 is 0 Å². The minimum absolute atomic E-state index is 0.0481. The molecule has 2 aliphatic rings. The van der Waals surface area contributed by atoms with Crippen LogP contribution in [0.1, 0.15) is 17.7 Å². The second-order valence-electron chi connectivity index (χ2n) is 6.34. The Kier molecular flexibility index (Phi) is 3.60. The summed E-state index contributed by atoms with van der Waals surface area (Å²) in [5.74, 6) is 0.514. The van der Waals surface area contributed by atoms with Crippen molar-refractivity contribution in [3.63, 3.8) is 0 Å². The average molecular weight is 373 g/mol. The van der Waals surface area contributed by atoms with Gasteiger partial charge >= 0.3 is 6.09 Å². The van der Waals surface area contributed by atoms with Crippen LogP contribution in [0, 0.1) is 5.92 Å². The first kappa shape index (κ1) is 14.7. The summed E-state index contributed by atoms with van der Waals surface area (Å²) in [6, 6.07) is 13.8. The Hall–Kier alpha value is -1.88. The van der Waals surface area contributed by atoms with E-state index in [4.69, 9.17) is 4.74 Å². The van der Waals surface area contributed by atoms with Gasteiger partial charge in [0.1, 0.15) is 6.61 Å². The molecule has 2 fully saturated rings. The number of hydrogen-bond donors (Lipinski definition) is 0. The predicted octanol–water partition coefficient (Wildman–Crippen LogP) is 3.75. The van der Waals surface area contributed by atoms with Crippen LogP contribution in [0.3, 0.4) is 0 Å². The number of rotatable bonds is 3. The fourth-order valence-electron chi connectivity index (χ4n) is 3.50. The van der Waals surface area contributed by atoms with E-state index in [1.54, 1.807) is 0 Å². The van der Waals surface area contributed by atoms with E-state index in [1.165, 1.54) is 0 Å². The maximum Gasteiger partial charge on any atom is 0.410 e. The van der Waals surface area contributed by atoms with Crippen molar-refractivity contribution in [1.29, 1.82) is 0 Å². The molecular weight excluding hydrogens is 356 g/mol.